The molecule has 0 fully saturated rings. The highest BCUT2D eigenvalue weighted by Gasteiger charge is 2.10. The van der Waals surface area contributed by atoms with E-state index in [4.69, 9.17) is 0 Å². The number of benzene rings is 1. The predicted molar refractivity (Wildman–Crippen MR) is 87.6 cm³/mol. The monoisotopic (exact) mass is 286 g/mol. The van der Waals surface area contributed by atoms with E-state index in [1.54, 1.807) is 6.20 Å². The zero-order valence-electron chi connectivity index (χ0n) is 12.2. The van der Waals surface area contributed by atoms with Crippen LogP contribution in [0.3, 0.4) is 0 Å². The van der Waals surface area contributed by atoms with E-state index in [0.29, 0.717) is 0 Å². The maximum absolute atomic E-state index is 4.53. The van der Waals surface area contributed by atoms with Crippen molar-refractivity contribution in [2.45, 2.75) is 6.92 Å². The summed E-state index contributed by atoms with van der Waals surface area (Å²) in [5, 5.41) is 5.62. The fraction of sp³-hybridized carbons (Fsp3) is 0.0556. The molecule has 0 saturated carbocycles. The molecule has 4 rings (SSSR count). The standard InChI is InChI=1S/C18H14N4/c1-12-5-8-18-20-11-17(22(18)21-12)13(2)14-6-7-16-15(10-14)4-3-9-19-16/h3-11H,2H2,1H3. The van der Waals surface area contributed by atoms with E-state index in [-0.39, 0.29) is 0 Å². The van der Waals surface area contributed by atoms with E-state index in [1.165, 1.54) is 0 Å². The first kappa shape index (κ1) is 12.7. The van der Waals surface area contributed by atoms with Gasteiger partial charge in [0.15, 0.2) is 5.65 Å². The highest BCUT2D eigenvalue weighted by Crippen LogP contribution is 2.24. The average Bonchev–Trinajstić information content (AvgIpc) is 2.96. The Labute approximate surface area is 127 Å². The lowest BCUT2D eigenvalue weighted by atomic mass is 10.0. The summed E-state index contributed by atoms with van der Waals surface area (Å²) in [7, 11) is 0. The van der Waals surface area contributed by atoms with Crippen LogP contribution >= 0.6 is 0 Å². The van der Waals surface area contributed by atoms with Gasteiger partial charge in [-0.15, -0.1) is 0 Å². The number of aromatic nitrogens is 4. The number of pyridine rings is 1. The molecule has 0 atom stereocenters. The summed E-state index contributed by atoms with van der Waals surface area (Å²) in [5.74, 6) is 0. The van der Waals surface area contributed by atoms with E-state index in [1.807, 2.05) is 48.0 Å². The highest BCUT2D eigenvalue weighted by atomic mass is 15.3. The van der Waals surface area contributed by atoms with Gasteiger partial charge < -0.3 is 0 Å². The number of hydrogen-bond acceptors (Lipinski definition) is 3. The zero-order valence-corrected chi connectivity index (χ0v) is 12.2. The van der Waals surface area contributed by atoms with Crippen LogP contribution in [0.1, 0.15) is 17.0 Å². The Morgan fingerprint density at radius 2 is 2.00 bits per heavy atom. The Balaban J connectivity index is 1.86. The van der Waals surface area contributed by atoms with Crippen LogP contribution < -0.4 is 0 Å². The summed E-state index contributed by atoms with van der Waals surface area (Å²) >= 11 is 0. The van der Waals surface area contributed by atoms with Gasteiger partial charge in [-0.25, -0.2) is 9.50 Å². The van der Waals surface area contributed by atoms with Crippen LogP contribution in [0, 0.1) is 6.92 Å². The normalized spacial score (nSPS) is 11.1. The fourth-order valence-corrected chi connectivity index (χ4v) is 2.58. The van der Waals surface area contributed by atoms with Crippen LogP contribution in [0.4, 0.5) is 0 Å². The van der Waals surface area contributed by atoms with Gasteiger partial charge in [-0.3, -0.25) is 4.98 Å². The second-order valence-corrected chi connectivity index (χ2v) is 5.28. The first-order valence-corrected chi connectivity index (χ1v) is 7.08. The molecule has 4 heteroatoms. The van der Waals surface area contributed by atoms with Crippen molar-refractivity contribution < 1.29 is 0 Å². The van der Waals surface area contributed by atoms with Gasteiger partial charge in [0.2, 0.25) is 0 Å². The Hall–Kier alpha value is -3.01. The van der Waals surface area contributed by atoms with Crippen molar-refractivity contribution in [2.75, 3.05) is 0 Å². The minimum absolute atomic E-state index is 0.823. The summed E-state index contributed by atoms with van der Waals surface area (Å²) in [4.78, 5) is 8.74. The lowest BCUT2D eigenvalue weighted by Gasteiger charge is -2.07. The lowest BCUT2D eigenvalue weighted by Crippen LogP contribution is -1.99. The summed E-state index contributed by atoms with van der Waals surface area (Å²) in [5.41, 5.74) is 5.60. The van der Waals surface area contributed by atoms with Crippen LogP contribution in [0.15, 0.2) is 61.4 Å². The first-order chi connectivity index (χ1) is 10.7. The molecule has 3 aromatic heterocycles. The minimum Gasteiger partial charge on any atom is -0.256 e. The number of hydrogen-bond donors (Lipinski definition) is 0. The van der Waals surface area contributed by atoms with Gasteiger partial charge in [0, 0.05) is 17.2 Å². The molecule has 22 heavy (non-hydrogen) atoms. The maximum Gasteiger partial charge on any atom is 0.154 e. The molecule has 0 saturated heterocycles. The molecule has 0 N–H and O–H groups in total. The molecule has 3 heterocycles. The van der Waals surface area contributed by atoms with Crippen LogP contribution in [0.5, 0.6) is 0 Å². The lowest BCUT2D eigenvalue weighted by molar-refractivity contribution is 0.889. The molecular formula is C18H14N4. The highest BCUT2D eigenvalue weighted by molar-refractivity contribution is 5.86. The summed E-state index contributed by atoms with van der Waals surface area (Å²) in [6.45, 7) is 6.20. The molecule has 0 aliphatic rings. The number of imidazole rings is 1. The van der Waals surface area contributed by atoms with E-state index >= 15 is 0 Å². The van der Waals surface area contributed by atoms with E-state index in [0.717, 1.165) is 39.1 Å². The maximum atomic E-state index is 4.53. The number of fused-ring (bicyclic) bond motifs is 2. The first-order valence-electron chi connectivity index (χ1n) is 7.08. The molecule has 0 amide bonds. The Morgan fingerprint density at radius 3 is 2.91 bits per heavy atom. The van der Waals surface area contributed by atoms with Crippen molar-refractivity contribution in [3.8, 4) is 0 Å². The third-order valence-corrected chi connectivity index (χ3v) is 3.76. The van der Waals surface area contributed by atoms with Crippen molar-refractivity contribution in [1.29, 1.82) is 0 Å². The van der Waals surface area contributed by atoms with Gasteiger partial charge in [0.05, 0.1) is 23.1 Å². The third-order valence-electron chi connectivity index (χ3n) is 3.76. The second kappa shape index (κ2) is 4.77. The molecule has 106 valence electrons. The smallest absolute Gasteiger partial charge is 0.154 e. The number of rotatable bonds is 2. The number of aryl methyl sites for hydroxylation is 1. The summed E-state index contributed by atoms with van der Waals surface area (Å²) < 4.78 is 1.84. The van der Waals surface area contributed by atoms with Crippen molar-refractivity contribution in [3.05, 3.63) is 78.4 Å². The van der Waals surface area contributed by atoms with Gasteiger partial charge >= 0.3 is 0 Å². The van der Waals surface area contributed by atoms with Gasteiger partial charge in [-0.2, -0.15) is 5.10 Å². The summed E-state index contributed by atoms with van der Waals surface area (Å²) in [6, 6.07) is 14.1. The average molecular weight is 286 g/mol. The Kier molecular flexibility index (Phi) is 2.76. The fourth-order valence-electron chi connectivity index (χ4n) is 2.58. The number of nitrogens with zero attached hydrogens (tertiary/aromatic N) is 4. The van der Waals surface area contributed by atoms with E-state index in [9.17, 15) is 0 Å². The van der Waals surface area contributed by atoms with Crippen molar-refractivity contribution >= 4 is 22.1 Å². The van der Waals surface area contributed by atoms with E-state index < -0.39 is 0 Å². The molecular weight excluding hydrogens is 272 g/mol. The molecule has 4 aromatic rings. The topological polar surface area (TPSA) is 43.1 Å². The SMILES string of the molecule is C=C(c1ccc2ncccc2c1)c1cnc2ccc(C)nn12. The molecule has 0 bridgehead atoms. The van der Waals surface area contributed by atoms with Crippen molar-refractivity contribution in [2.24, 2.45) is 0 Å². The summed E-state index contributed by atoms with van der Waals surface area (Å²) in [6.07, 6.45) is 3.62. The quantitative estimate of drug-likeness (QED) is 0.565. The van der Waals surface area contributed by atoms with Gasteiger partial charge in [0.25, 0.3) is 0 Å². The van der Waals surface area contributed by atoms with Crippen LogP contribution in [-0.2, 0) is 0 Å². The largest absolute Gasteiger partial charge is 0.256 e. The Bertz CT molecular complexity index is 1010. The second-order valence-electron chi connectivity index (χ2n) is 5.28. The van der Waals surface area contributed by atoms with Crippen LogP contribution in [0.2, 0.25) is 0 Å². The van der Waals surface area contributed by atoms with Crippen molar-refractivity contribution in [1.82, 2.24) is 19.6 Å². The zero-order chi connectivity index (χ0) is 15.1. The van der Waals surface area contributed by atoms with Crippen molar-refractivity contribution in [3.63, 3.8) is 0 Å². The van der Waals surface area contributed by atoms with Gasteiger partial charge in [0.1, 0.15) is 0 Å². The molecule has 0 aliphatic heterocycles. The molecule has 1 aromatic carbocycles. The van der Waals surface area contributed by atoms with Gasteiger partial charge in [-0.05, 0) is 42.8 Å². The molecule has 4 nitrogen and oxygen atoms in total. The molecule has 0 radical (unpaired) electrons. The minimum atomic E-state index is 0.823. The van der Waals surface area contributed by atoms with Crippen LogP contribution in [0.25, 0.3) is 22.1 Å². The third kappa shape index (κ3) is 1.97. The van der Waals surface area contributed by atoms with Gasteiger partial charge in [-0.1, -0.05) is 18.7 Å². The molecule has 0 spiro atoms. The molecule has 0 aliphatic carbocycles. The van der Waals surface area contributed by atoms with E-state index in [2.05, 4.69) is 33.8 Å². The van der Waals surface area contributed by atoms with Crippen LogP contribution in [-0.4, -0.2) is 19.6 Å². The predicted octanol–water partition coefficient (Wildman–Crippen LogP) is 3.65. The molecule has 0 unspecified atom stereocenters. The Morgan fingerprint density at radius 1 is 1.09 bits per heavy atom.